The molecule has 2 heterocycles. The molecule has 1 fully saturated rings. The molecular formula is C13H16N4O2. The number of rotatable bonds is 3. The van der Waals surface area contributed by atoms with Crippen molar-refractivity contribution in [2.24, 2.45) is 5.41 Å². The third-order valence-corrected chi connectivity index (χ3v) is 4.08. The van der Waals surface area contributed by atoms with E-state index in [1.807, 2.05) is 6.07 Å². The minimum absolute atomic E-state index is 0.0985. The number of aromatic nitrogens is 3. The molecule has 2 aromatic rings. The standard InChI is InChI=1S/C13H16N4O2/c1-13(12(18)19)5-2-3-10(13)16-11-9-4-6-15-17(9)8-7-14-11/h4,6-8,10H,2-3,5H2,1H3,(H,14,16)(H,18,19). The Labute approximate surface area is 110 Å². The van der Waals surface area contributed by atoms with Crippen LogP contribution in [0.25, 0.3) is 5.52 Å². The molecule has 1 aliphatic carbocycles. The quantitative estimate of drug-likeness (QED) is 0.879. The van der Waals surface area contributed by atoms with E-state index in [-0.39, 0.29) is 6.04 Å². The summed E-state index contributed by atoms with van der Waals surface area (Å²) in [5.41, 5.74) is 0.135. The number of fused-ring (bicyclic) bond motifs is 1. The lowest BCUT2D eigenvalue weighted by atomic mass is 9.85. The molecule has 0 aromatic carbocycles. The maximum Gasteiger partial charge on any atom is 0.311 e. The molecule has 2 atom stereocenters. The van der Waals surface area contributed by atoms with E-state index < -0.39 is 11.4 Å². The number of nitrogens with one attached hydrogen (secondary N) is 1. The monoisotopic (exact) mass is 260 g/mol. The Morgan fingerprint density at radius 2 is 2.42 bits per heavy atom. The molecule has 19 heavy (non-hydrogen) atoms. The van der Waals surface area contributed by atoms with E-state index in [0.29, 0.717) is 12.2 Å². The minimum Gasteiger partial charge on any atom is -0.481 e. The van der Waals surface area contributed by atoms with E-state index in [1.165, 1.54) is 0 Å². The van der Waals surface area contributed by atoms with Gasteiger partial charge >= 0.3 is 5.97 Å². The van der Waals surface area contributed by atoms with Crippen LogP contribution in [0.3, 0.4) is 0 Å². The Morgan fingerprint density at radius 3 is 3.21 bits per heavy atom. The van der Waals surface area contributed by atoms with Crippen LogP contribution in [0.5, 0.6) is 0 Å². The highest BCUT2D eigenvalue weighted by Gasteiger charge is 2.45. The van der Waals surface area contributed by atoms with Gasteiger partial charge in [0.05, 0.1) is 11.6 Å². The minimum atomic E-state index is -0.747. The van der Waals surface area contributed by atoms with Crippen molar-refractivity contribution in [1.29, 1.82) is 0 Å². The van der Waals surface area contributed by atoms with Crippen LogP contribution in [0.15, 0.2) is 24.7 Å². The Hall–Kier alpha value is -2.11. The number of carboxylic acids is 1. The Bertz CT molecular complexity index is 624. The third kappa shape index (κ3) is 1.83. The lowest BCUT2D eigenvalue weighted by Gasteiger charge is -2.28. The summed E-state index contributed by atoms with van der Waals surface area (Å²) in [7, 11) is 0. The fourth-order valence-electron chi connectivity index (χ4n) is 2.79. The lowest BCUT2D eigenvalue weighted by molar-refractivity contribution is -0.147. The van der Waals surface area contributed by atoms with Crippen LogP contribution >= 0.6 is 0 Å². The van der Waals surface area contributed by atoms with E-state index in [2.05, 4.69) is 15.4 Å². The van der Waals surface area contributed by atoms with Crippen LogP contribution in [0.4, 0.5) is 5.82 Å². The highest BCUT2D eigenvalue weighted by molar-refractivity contribution is 5.77. The molecule has 0 aliphatic heterocycles. The molecule has 6 nitrogen and oxygen atoms in total. The number of carboxylic acid groups (broad SMARTS) is 1. The smallest absolute Gasteiger partial charge is 0.311 e. The average molecular weight is 260 g/mol. The zero-order valence-electron chi connectivity index (χ0n) is 10.7. The average Bonchev–Trinajstić information content (AvgIpc) is 2.98. The van der Waals surface area contributed by atoms with Gasteiger partial charge in [0.2, 0.25) is 0 Å². The topological polar surface area (TPSA) is 79.5 Å². The number of nitrogens with zero attached hydrogens (tertiary/aromatic N) is 3. The van der Waals surface area contributed by atoms with Crippen molar-refractivity contribution in [3.05, 3.63) is 24.7 Å². The zero-order valence-corrected chi connectivity index (χ0v) is 10.7. The molecule has 0 spiro atoms. The van der Waals surface area contributed by atoms with Crippen LogP contribution in [0.2, 0.25) is 0 Å². The van der Waals surface area contributed by atoms with E-state index >= 15 is 0 Å². The van der Waals surface area contributed by atoms with Crippen molar-refractivity contribution in [3.8, 4) is 0 Å². The van der Waals surface area contributed by atoms with Gasteiger partial charge in [0.1, 0.15) is 5.52 Å². The molecule has 1 saturated carbocycles. The van der Waals surface area contributed by atoms with Gasteiger partial charge < -0.3 is 10.4 Å². The summed E-state index contributed by atoms with van der Waals surface area (Å²) in [6.45, 7) is 1.80. The maximum absolute atomic E-state index is 11.5. The second-order valence-electron chi connectivity index (χ2n) is 5.25. The summed E-state index contributed by atoms with van der Waals surface area (Å²) in [5.74, 6) is -0.0534. The molecule has 0 bridgehead atoms. The number of hydrogen-bond acceptors (Lipinski definition) is 4. The largest absolute Gasteiger partial charge is 0.481 e. The summed E-state index contributed by atoms with van der Waals surface area (Å²) in [4.78, 5) is 15.8. The first kappa shape index (κ1) is 12.0. The van der Waals surface area contributed by atoms with Gasteiger partial charge in [-0.2, -0.15) is 5.10 Å². The fourth-order valence-corrected chi connectivity index (χ4v) is 2.79. The van der Waals surface area contributed by atoms with E-state index in [4.69, 9.17) is 0 Å². The van der Waals surface area contributed by atoms with Gasteiger partial charge in [-0.25, -0.2) is 9.50 Å². The van der Waals surface area contributed by atoms with Gasteiger partial charge in [0, 0.05) is 18.4 Å². The first-order chi connectivity index (χ1) is 9.11. The van der Waals surface area contributed by atoms with Gasteiger partial charge in [0.25, 0.3) is 0 Å². The SMILES string of the molecule is CC1(C(=O)O)CCCC1Nc1nccn2nccc12. The normalized spacial score (nSPS) is 26.7. The lowest BCUT2D eigenvalue weighted by Crippen LogP contribution is -2.40. The van der Waals surface area contributed by atoms with Crippen LogP contribution in [-0.4, -0.2) is 31.7 Å². The first-order valence-corrected chi connectivity index (χ1v) is 6.39. The zero-order chi connectivity index (χ0) is 13.5. The van der Waals surface area contributed by atoms with E-state index in [9.17, 15) is 9.90 Å². The summed E-state index contributed by atoms with van der Waals surface area (Å²) >= 11 is 0. The Morgan fingerprint density at radius 1 is 1.58 bits per heavy atom. The van der Waals surface area contributed by atoms with Gasteiger partial charge in [-0.15, -0.1) is 0 Å². The maximum atomic E-state index is 11.5. The summed E-state index contributed by atoms with van der Waals surface area (Å²) in [6.07, 6.45) is 7.60. The molecule has 0 radical (unpaired) electrons. The number of hydrogen-bond donors (Lipinski definition) is 2. The summed E-state index contributed by atoms with van der Waals surface area (Å²) < 4.78 is 1.72. The third-order valence-electron chi connectivity index (χ3n) is 4.08. The molecule has 3 rings (SSSR count). The van der Waals surface area contributed by atoms with Crippen molar-refractivity contribution >= 4 is 17.3 Å². The predicted octanol–water partition coefficient (Wildman–Crippen LogP) is 1.78. The van der Waals surface area contributed by atoms with Crippen LogP contribution in [-0.2, 0) is 4.79 Å². The predicted molar refractivity (Wildman–Crippen MR) is 70.0 cm³/mol. The summed E-state index contributed by atoms with van der Waals surface area (Å²) in [5, 5.41) is 16.9. The number of carbonyl (C=O) groups is 1. The van der Waals surface area contributed by atoms with Crippen molar-refractivity contribution in [1.82, 2.24) is 14.6 Å². The van der Waals surface area contributed by atoms with Crippen LogP contribution in [0.1, 0.15) is 26.2 Å². The number of anilines is 1. The molecule has 2 aromatic heterocycles. The van der Waals surface area contributed by atoms with Crippen molar-refractivity contribution in [2.45, 2.75) is 32.2 Å². The Kier molecular flexibility index (Phi) is 2.66. The summed E-state index contributed by atoms with van der Waals surface area (Å²) in [6, 6.07) is 1.76. The van der Waals surface area contributed by atoms with Crippen LogP contribution in [0, 0.1) is 5.41 Å². The van der Waals surface area contributed by atoms with Gasteiger partial charge in [-0.1, -0.05) is 6.42 Å². The van der Waals surface area contributed by atoms with Gasteiger partial charge in [0.15, 0.2) is 5.82 Å². The van der Waals surface area contributed by atoms with Crippen molar-refractivity contribution in [3.63, 3.8) is 0 Å². The Balaban J connectivity index is 1.93. The second kappa shape index (κ2) is 4.22. The van der Waals surface area contributed by atoms with Gasteiger partial charge in [-0.05, 0) is 25.8 Å². The fraction of sp³-hybridized carbons (Fsp3) is 0.462. The molecule has 0 amide bonds. The van der Waals surface area contributed by atoms with E-state index in [0.717, 1.165) is 18.4 Å². The second-order valence-corrected chi connectivity index (χ2v) is 5.25. The molecule has 2 unspecified atom stereocenters. The van der Waals surface area contributed by atoms with Gasteiger partial charge in [-0.3, -0.25) is 4.79 Å². The van der Waals surface area contributed by atoms with Crippen LogP contribution < -0.4 is 5.32 Å². The molecule has 100 valence electrons. The molecule has 2 N–H and O–H groups in total. The number of aliphatic carboxylic acids is 1. The van der Waals surface area contributed by atoms with E-state index in [1.54, 1.807) is 30.0 Å². The highest BCUT2D eigenvalue weighted by atomic mass is 16.4. The first-order valence-electron chi connectivity index (χ1n) is 6.39. The highest BCUT2D eigenvalue weighted by Crippen LogP contribution is 2.40. The molecule has 1 aliphatic rings. The van der Waals surface area contributed by atoms with Crippen molar-refractivity contribution in [2.75, 3.05) is 5.32 Å². The molecule has 6 heteroatoms. The molecule has 0 saturated heterocycles. The van der Waals surface area contributed by atoms with Crippen molar-refractivity contribution < 1.29 is 9.90 Å². The molecular weight excluding hydrogens is 244 g/mol.